The lowest BCUT2D eigenvalue weighted by molar-refractivity contribution is 0.660. The number of hydrogen-bond acceptors (Lipinski definition) is 2. The first-order valence-corrected chi connectivity index (χ1v) is 19.9. The van der Waals surface area contributed by atoms with E-state index in [2.05, 4.69) is 207 Å². The van der Waals surface area contributed by atoms with Crippen LogP contribution in [0, 0.1) is 0 Å². The van der Waals surface area contributed by atoms with Crippen molar-refractivity contribution in [2.75, 3.05) is 4.90 Å². The van der Waals surface area contributed by atoms with Crippen LogP contribution in [0.3, 0.4) is 0 Å². The van der Waals surface area contributed by atoms with Crippen molar-refractivity contribution in [2.45, 2.75) is 19.3 Å². The first kappa shape index (κ1) is 32.0. The standard InChI is InChI=1S/C53H37NS/c1-53(2)49-20-8-7-17-45(49)47-33-43(27-28-50(47)53)54(42-16-9-15-37(30-42)40-22-21-34-11-3-4-12-36(34)29-40)41-25-23-35(24-26-41)44-18-10-19-46-48-31-38-13-5-6-14-39(38)32-51(48)55-52(44)46/h3-33H,1-2H3. The molecule has 0 aliphatic heterocycles. The van der Waals surface area contributed by atoms with Gasteiger partial charge in [0.2, 0.25) is 0 Å². The molecule has 10 aromatic rings. The number of hydrogen-bond donors (Lipinski definition) is 0. The van der Waals surface area contributed by atoms with Crippen LogP contribution in [-0.4, -0.2) is 0 Å². The Kier molecular flexibility index (Phi) is 7.14. The Morgan fingerprint density at radius 3 is 1.84 bits per heavy atom. The Hall–Kier alpha value is -6.48. The number of anilines is 3. The molecule has 1 aromatic heterocycles. The zero-order valence-corrected chi connectivity index (χ0v) is 31.6. The van der Waals surface area contributed by atoms with E-state index in [0.717, 1.165) is 17.1 Å². The Bertz CT molecular complexity index is 3130. The molecule has 0 amide bonds. The van der Waals surface area contributed by atoms with E-state index in [-0.39, 0.29) is 5.41 Å². The molecule has 0 unspecified atom stereocenters. The van der Waals surface area contributed by atoms with E-state index in [0.29, 0.717) is 0 Å². The summed E-state index contributed by atoms with van der Waals surface area (Å²) in [7, 11) is 0. The number of rotatable bonds is 5. The molecule has 2 heteroatoms. The minimum atomic E-state index is -0.0483. The Labute approximate surface area is 325 Å². The zero-order chi connectivity index (χ0) is 36.7. The van der Waals surface area contributed by atoms with Gasteiger partial charge in [-0.25, -0.2) is 0 Å². The van der Waals surface area contributed by atoms with E-state index in [9.17, 15) is 0 Å². The van der Waals surface area contributed by atoms with Crippen LogP contribution in [0.15, 0.2) is 188 Å². The van der Waals surface area contributed by atoms with E-state index < -0.39 is 0 Å². The highest BCUT2D eigenvalue weighted by molar-refractivity contribution is 7.26. The average Bonchev–Trinajstić information content (AvgIpc) is 3.71. The molecule has 55 heavy (non-hydrogen) atoms. The largest absolute Gasteiger partial charge is 0.310 e. The third-order valence-corrected chi connectivity index (χ3v) is 13.0. The van der Waals surface area contributed by atoms with Gasteiger partial charge in [-0.05, 0) is 121 Å². The quantitative estimate of drug-likeness (QED) is 0.171. The average molecular weight is 720 g/mol. The smallest absolute Gasteiger partial charge is 0.0468 e. The topological polar surface area (TPSA) is 3.24 Å². The molecule has 0 saturated carbocycles. The summed E-state index contributed by atoms with van der Waals surface area (Å²) >= 11 is 1.90. The van der Waals surface area contributed by atoms with Gasteiger partial charge in [0.1, 0.15) is 0 Å². The predicted octanol–water partition coefficient (Wildman–Crippen LogP) is 15.5. The van der Waals surface area contributed by atoms with Crippen molar-refractivity contribution in [3.63, 3.8) is 0 Å². The molecule has 1 aliphatic carbocycles. The van der Waals surface area contributed by atoms with E-state index in [1.165, 1.54) is 86.2 Å². The first-order valence-electron chi connectivity index (χ1n) is 19.1. The van der Waals surface area contributed by atoms with Crippen molar-refractivity contribution in [3.05, 3.63) is 199 Å². The summed E-state index contributed by atoms with van der Waals surface area (Å²) < 4.78 is 2.66. The maximum atomic E-state index is 2.42. The Morgan fingerprint density at radius 2 is 1.00 bits per heavy atom. The van der Waals surface area contributed by atoms with Crippen LogP contribution in [0.25, 0.3) is 75.1 Å². The fourth-order valence-corrected chi connectivity index (χ4v) is 10.3. The van der Waals surface area contributed by atoms with Crippen LogP contribution in [0.2, 0.25) is 0 Å². The van der Waals surface area contributed by atoms with Crippen molar-refractivity contribution in [2.24, 2.45) is 0 Å². The molecule has 0 N–H and O–H groups in total. The van der Waals surface area contributed by atoms with Crippen molar-refractivity contribution in [1.82, 2.24) is 0 Å². The fraction of sp³-hybridized carbons (Fsp3) is 0.0566. The van der Waals surface area contributed by atoms with Gasteiger partial charge in [0.15, 0.2) is 0 Å². The molecule has 260 valence electrons. The second kappa shape index (κ2) is 12.3. The highest BCUT2D eigenvalue weighted by atomic mass is 32.1. The van der Waals surface area contributed by atoms with Crippen LogP contribution in [0.1, 0.15) is 25.0 Å². The molecule has 0 spiro atoms. The molecule has 0 atom stereocenters. The molecule has 0 radical (unpaired) electrons. The lowest BCUT2D eigenvalue weighted by Gasteiger charge is -2.28. The minimum Gasteiger partial charge on any atom is -0.310 e. The van der Waals surface area contributed by atoms with Crippen LogP contribution < -0.4 is 4.90 Å². The maximum absolute atomic E-state index is 2.42. The summed E-state index contributed by atoms with van der Waals surface area (Å²) in [6.07, 6.45) is 0. The Balaban J connectivity index is 1.05. The lowest BCUT2D eigenvalue weighted by atomic mass is 9.82. The SMILES string of the molecule is CC1(C)c2ccccc2-c2cc(N(c3ccc(-c4cccc5c4sc4cc6ccccc6cc45)cc3)c3cccc(-c4ccc5ccccc5c4)c3)ccc21. The van der Waals surface area contributed by atoms with Gasteiger partial charge in [-0.15, -0.1) is 11.3 Å². The number of fused-ring (bicyclic) bond motifs is 8. The molecule has 0 bridgehead atoms. The lowest BCUT2D eigenvalue weighted by Crippen LogP contribution is -2.15. The number of thiophene rings is 1. The third kappa shape index (κ3) is 5.13. The summed E-state index contributed by atoms with van der Waals surface area (Å²) in [5.41, 5.74) is 13.7. The molecule has 0 fully saturated rings. The van der Waals surface area contributed by atoms with Crippen LogP contribution in [-0.2, 0) is 5.41 Å². The third-order valence-electron chi connectivity index (χ3n) is 11.8. The second-order valence-electron chi connectivity index (χ2n) is 15.4. The molecule has 1 nitrogen and oxygen atoms in total. The van der Waals surface area contributed by atoms with Gasteiger partial charge in [-0.1, -0.05) is 147 Å². The zero-order valence-electron chi connectivity index (χ0n) is 30.8. The summed E-state index contributed by atoms with van der Waals surface area (Å²) in [6, 6.07) is 69.7. The molecule has 1 aliphatic rings. The summed E-state index contributed by atoms with van der Waals surface area (Å²) in [4.78, 5) is 2.42. The molecule has 11 rings (SSSR count). The van der Waals surface area contributed by atoms with E-state index in [1.54, 1.807) is 0 Å². The van der Waals surface area contributed by atoms with Gasteiger partial charge in [0.25, 0.3) is 0 Å². The van der Waals surface area contributed by atoms with Crippen LogP contribution in [0.5, 0.6) is 0 Å². The van der Waals surface area contributed by atoms with Gasteiger partial charge >= 0.3 is 0 Å². The van der Waals surface area contributed by atoms with E-state index in [4.69, 9.17) is 0 Å². The molecule has 0 saturated heterocycles. The Morgan fingerprint density at radius 1 is 0.382 bits per heavy atom. The van der Waals surface area contributed by atoms with Crippen molar-refractivity contribution in [1.29, 1.82) is 0 Å². The number of nitrogens with zero attached hydrogens (tertiary/aromatic N) is 1. The van der Waals surface area contributed by atoms with Crippen molar-refractivity contribution in [3.8, 4) is 33.4 Å². The summed E-state index contributed by atoms with van der Waals surface area (Å²) in [6.45, 7) is 4.70. The van der Waals surface area contributed by atoms with Crippen LogP contribution in [0.4, 0.5) is 17.1 Å². The number of benzene rings is 9. The van der Waals surface area contributed by atoms with Gasteiger partial charge < -0.3 is 4.90 Å². The predicted molar refractivity (Wildman–Crippen MR) is 237 cm³/mol. The normalized spacial score (nSPS) is 13.1. The van der Waals surface area contributed by atoms with Gasteiger partial charge in [0, 0.05) is 42.6 Å². The van der Waals surface area contributed by atoms with Gasteiger partial charge in [0.05, 0.1) is 0 Å². The minimum absolute atomic E-state index is 0.0483. The van der Waals surface area contributed by atoms with Crippen LogP contribution >= 0.6 is 11.3 Å². The van der Waals surface area contributed by atoms with Gasteiger partial charge in [-0.3, -0.25) is 0 Å². The highest BCUT2D eigenvalue weighted by Crippen LogP contribution is 2.51. The van der Waals surface area contributed by atoms with Crippen molar-refractivity contribution >= 4 is 70.1 Å². The first-order chi connectivity index (χ1) is 27.0. The van der Waals surface area contributed by atoms with Crippen molar-refractivity contribution < 1.29 is 0 Å². The van der Waals surface area contributed by atoms with E-state index >= 15 is 0 Å². The van der Waals surface area contributed by atoms with E-state index in [1.807, 2.05) is 11.3 Å². The van der Waals surface area contributed by atoms with Gasteiger partial charge in [-0.2, -0.15) is 0 Å². The summed E-state index contributed by atoms with van der Waals surface area (Å²) in [5, 5.41) is 7.73. The molecular weight excluding hydrogens is 683 g/mol. The fourth-order valence-electron chi connectivity index (χ4n) is 8.99. The second-order valence-corrected chi connectivity index (χ2v) is 16.4. The maximum Gasteiger partial charge on any atom is 0.0468 e. The monoisotopic (exact) mass is 719 g/mol. The highest BCUT2D eigenvalue weighted by Gasteiger charge is 2.35. The summed E-state index contributed by atoms with van der Waals surface area (Å²) in [5.74, 6) is 0. The molecular formula is C53H37NS. The molecule has 9 aromatic carbocycles. The molecule has 1 heterocycles.